The van der Waals surface area contributed by atoms with Crippen molar-refractivity contribution in [2.45, 2.75) is 37.5 Å². The number of nitrogens with one attached hydrogen (secondary N) is 2. The topological polar surface area (TPSA) is 105 Å². The van der Waals surface area contributed by atoms with E-state index in [0.29, 0.717) is 12.8 Å². The Labute approximate surface area is 201 Å². The highest BCUT2D eigenvalue weighted by Crippen LogP contribution is 2.44. The number of carbonyl (C=O) groups is 3. The van der Waals surface area contributed by atoms with Crippen molar-refractivity contribution in [1.82, 2.24) is 10.6 Å². The predicted octanol–water partition coefficient (Wildman–Crippen LogP) is 4.17. The third-order valence-corrected chi connectivity index (χ3v) is 6.90. The molecule has 0 bridgehead atoms. The fourth-order valence-electron chi connectivity index (χ4n) is 5.07. The van der Waals surface area contributed by atoms with Gasteiger partial charge < -0.3 is 20.5 Å². The molecular formula is C26H28F2N2O5. The second-order valence-electron chi connectivity index (χ2n) is 9.08. The number of rotatable bonds is 8. The first kappa shape index (κ1) is 24.6. The number of aliphatic carboxylic acids is 1. The Morgan fingerprint density at radius 2 is 1.54 bits per heavy atom. The van der Waals surface area contributed by atoms with Crippen LogP contribution in [0.1, 0.15) is 42.7 Å². The van der Waals surface area contributed by atoms with Gasteiger partial charge in [0.05, 0.1) is 6.54 Å². The summed E-state index contributed by atoms with van der Waals surface area (Å²) in [5, 5.41) is 13.3. The predicted molar refractivity (Wildman–Crippen MR) is 124 cm³/mol. The molecule has 2 aliphatic rings. The van der Waals surface area contributed by atoms with Crippen LogP contribution in [-0.2, 0) is 14.3 Å². The number of hydrogen-bond donors (Lipinski definition) is 3. The molecule has 0 spiro atoms. The van der Waals surface area contributed by atoms with Crippen LogP contribution in [0.4, 0.5) is 13.6 Å². The summed E-state index contributed by atoms with van der Waals surface area (Å²) in [4.78, 5) is 35.5. The van der Waals surface area contributed by atoms with Crippen LogP contribution in [-0.4, -0.2) is 48.7 Å². The summed E-state index contributed by atoms with van der Waals surface area (Å²) in [6, 6.07) is 16.0. The zero-order chi connectivity index (χ0) is 25.0. The van der Waals surface area contributed by atoms with E-state index in [0.717, 1.165) is 35.1 Å². The number of fused-ring (bicyclic) bond motifs is 3. The number of halogens is 2. The number of amides is 2. The van der Waals surface area contributed by atoms with E-state index in [1.807, 2.05) is 36.4 Å². The lowest BCUT2D eigenvalue weighted by atomic mass is 9.78. The molecule has 2 atom stereocenters. The molecule has 0 aliphatic heterocycles. The Balaban J connectivity index is 1.31. The van der Waals surface area contributed by atoms with Crippen LogP contribution in [0.25, 0.3) is 11.1 Å². The monoisotopic (exact) mass is 486 g/mol. The van der Waals surface area contributed by atoms with Gasteiger partial charge in [-0.1, -0.05) is 61.4 Å². The molecule has 2 aromatic carbocycles. The van der Waals surface area contributed by atoms with Gasteiger partial charge in [0.2, 0.25) is 5.91 Å². The summed E-state index contributed by atoms with van der Waals surface area (Å²) >= 11 is 0. The first-order valence-corrected chi connectivity index (χ1v) is 11.8. The molecular weight excluding hydrogens is 458 g/mol. The summed E-state index contributed by atoms with van der Waals surface area (Å²) in [5.74, 6) is -7.83. The number of carboxylic acid groups (broad SMARTS) is 1. The number of hydrogen-bond acceptors (Lipinski definition) is 4. The van der Waals surface area contributed by atoms with Gasteiger partial charge in [-0.25, -0.2) is 9.59 Å². The molecule has 1 saturated carbocycles. The number of benzene rings is 2. The molecule has 0 unspecified atom stereocenters. The van der Waals surface area contributed by atoms with Gasteiger partial charge in [-0.05, 0) is 41.0 Å². The SMILES string of the molecule is O=C(NC[C@H]1CCCC[C@H]1C(=O)NCC(F)(F)C(=O)O)OCC1c2ccccc2-c2ccccc21. The molecule has 186 valence electrons. The van der Waals surface area contributed by atoms with Crippen molar-refractivity contribution < 1.29 is 33.0 Å². The van der Waals surface area contributed by atoms with Crippen molar-refractivity contribution >= 4 is 18.0 Å². The summed E-state index contributed by atoms with van der Waals surface area (Å²) in [6.07, 6.45) is 2.15. The van der Waals surface area contributed by atoms with Gasteiger partial charge in [-0.2, -0.15) is 8.78 Å². The van der Waals surface area contributed by atoms with Crippen molar-refractivity contribution in [2.75, 3.05) is 19.7 Å². The summed E-state index contributed by atoms with van der Waals surface area (Å²) in [7, 11) is 0. The Kier molecular flexibility index (Phi) is 7.33. The van der Waals surface area contributed by atoms with Gasteiger partial charge >= 0.3 is 18.0 Å². The normalized spacial score (nSPS) is 19.4. The van der Waals surface area contributed by atoms with E-state index in [1.54, 1.807) is 0 Å². The van der Waals surface area contributed by atoms with Crippen LogP contribution in [0.5, 0.6) is 0 Å². The Morgan fingerprint density at radius 3 is 2.17 bits per heavy atom. The second-order valence-corrected chi connectivity index (χ2v) is 9.08. The number of ether oxygens (including phenoxy) is 1. The van der Waals surface area contributed by atoms with E-state index in [1.165, 1.54) is 0 Å². The van der Waals surface area contributed by atoms with Crippen molar-refractivity contribution in [1.29, 1.82) is 0 Å². The molecule has 4 rings (SSSR count). The molecule has 7 nitrogen and oxygen atoms in total. The first-order chi connectivity index (χ1) is 16.8. The molecule has 1 fully saturated rings. The van der Waals surface area contributed by atoms with Gasteiger partial charge in [-0.15, -0.1) is 0 Å². The van der Waals surface area contributed by atoms with E-state index in [2.05, 4.69) is 22.8 Å². The van der Waals surface area contributed by atoms with Crippen LogP contribution in [0, 0.1) is 11.8 Å². The van der Waals surface area contributed by atoms with Gasteiger partial charge in [0.25, 0.3) is 0 Å². The highest BCUT2D eigenvalue weighted by molar-refractivity contribution is 5.81. The smallest absolute Gasteiger partial charge is 0.407 e. The minimum absolute atomic E-state index is 0.0720. The first-order valence-electron chi connectivity index (χ1n) is 11.8. The minimum atomic E-state index is -4.03. The number of carboxylic acids is 1. The quantitative estimate of drug-likeness (QED) is 0.520. The van der Waals surface area contributed by atoms with Crippen molar-refractivity contribution in [3.05, 3.63) is 59.7 Å². The largest absolute Gasteiger partial charge is 0.477 e. The molecule has 0 radical (unpaired) electrons. The van der Waals surface area contributed by atoms with Crippen LogP contribution < -0.4 is 10.6 Å². The third kappa shape index (κ3) is 5.44. The average Bonchev–Trinajstić information content (AvgIpc) is 3.18. The summed E-state index contributed by atoms with van der Waals surface area (Å²) < 4.78 is 32.2. The number of alkyl halides is 2. The molecule has 0 heterocycles. The zero-order valence-electron chi connectivity index (χ0n) is 19.1. The Bertz CT molecular complexity index is 1060. The van der Waals surface area contributed by atoms with Crippen LogP contribution >= 0.6 is 0 Å². The lowest BCUT2D eigenvalue weighted by Crippen LogP contribution is -2.47. The van der Waals surface area contributed by atoms with Gasteiger partial charge in [0, 0.05) is 18.4 Å². The molecule has 0 saturated heterocycles. The van der Waals surface area contributed by atoms with Gasteiger partial charge in [0.15, 0.2) is 0 Å². The maximum atomic E-state index is 13.3. The van der Waals surface area contributed by atoms with Crippen LogP contribution in [0.2, 0.25) is 0 Å². The van der Waals surface area contributed by atoms with Crippen LogP contribution in [0.15, 0.2) is 48.5 Å². The molecule has 35 heavy (non-hydrogen) atoms. The lowest BCUT2D eigenvalue weighted by Gasteiger charge is -2.31. The Morgan fingerprint density at radius 1 is 0.943 bits per heavy atom. The third-order valence-electron chi connectivity index (χ3n) is 6.90. The minimum Gasteiger partial charge on any atom is -0.477 e. The maximum Gasteiger partial charge on any atom is 0.407 e. The van der Waals surface area contributed by atoms with Crippen LogP contribution in [0.3, 0.4) is 0 Å². The Hall–Kier alpha value is -3.49. The number of carbonyl (C=O) groups excluding carboxylic acids is 2. The van der Waals surface area contributed by atoms with Gasteiger partial charge in [-0.3, -0.25) is 4.79 Å². The standard InChI is InChI=1S/C26H28F2N2O5/c27-26(28,24(32)33)15-30-23(31)17-8-2-1-7-16(17)13-29-25(34)35-14-22-20-11-5-3-9-18(20)19-10-4-6-12-21(19)22/h3-6,9-12,16-17,22H,1-2,7-8,13-15H2,(H,29,34)(H,30,31)(H,32,33)/t16-,17-/m1/s1. The molecule has 2 aliphatic carbocycles. The highest BCUT2D eigenvalue weighted by Gasteiger charge is 2.40. The van der Waals surface area contributed by atoms with Crippen molar-refractivity contribution in [3.8, 4) is 11.1 Å². The maximum absolute atomic E-state index is 13.3. The molecule has 9 heteroatoms. The average molecular weight is 487 g/mol. The van der Waals surface area contributed by atoms with Crippen molar-refractivity contribution in [3.63, 3.8) is 0 Å². The van der Waals surface area contributed by atoms with Crippen molar-refractivity contribution in [2.24, 2.45) is 11.8 Å². The fourth-order valence-corrected chi connectivity index (χ4v) is 5.07. The molecule has 0 aromatic heterocycles. The van der Waals surface area contributed by atoms with Gasteiger partial charge in [0.1, 0.15) is 6.61 Å². The van der Waals surface area contributed by atoms with E-state index in [4.69, 9.17) is 9.84 Å². The molecule has 2 aromatic rings. The second kappa shape index (κ2) is 10.4. The fraction of sp³-hybridized carbons (Fsp3) is 0.423. The van der Waals surface area contributed by atoms with E-state index in [-0.39, 0.29) is 25.0 Å². The van der Waals surface area contributed by atoms with E-state index >= 15 is 0 Å². The number of alkyl carbamates (subject to hydrolysis) is 1. The van der Waals surface area contributed by atoms with E-state index in [9.17, 15) is 23.2 Å². The summed E-state index contributed by atoms with van der Waals surface area (Å²) in [5.41, 5.74) is 4.45. The molecule has 3 N–H and O–H groups in total. The highest BCUT2D eigenvalue weighted by atomic mass is 19.3. The molecule has 2 amide bonds. The van der Waals surface area contributed by atoms with E-state index < -0.39 is 36.4 Å². The zero-order valence-corrected chi connectivity index (χ0v) is 19.1. The lowest BCUT2D eigenvalue weighted by molar-refractivity contribution is -0.164. The summed E-state index contributed by atoms with van der Waals surface area (Å²) in [6.45, 7) is -0.924.